The van der Waals surface area contributed by atoms with Gasteiger partial charge in [0.05, 0.1) is 17.2 Å². The standard InChI is InChI=1S/C32H20F9NO2/c33-24-13-23(14-25(15-24)44-32(40,41)29(35)36)30(16-19-4-2-1-3-5-19,22-9-6-20(18-42)7-10-22)17-28(43)21-8-11-27(34)26(12-21)31(37,38)39/h1-15,29H,16-17H2/t30-/m1/s1. The highest BCUT2D eigenvalue weighted by atomic mass is 19.4. The number of hydrogen-bond acceptors (Lipinski definition) is 3. The van der Waals surface area contributed by atoms with Crippen LogP contribution < -0.4 is 4.74 Å². The lowest BCUT2D eigenvalue weighted by Crippen LogP contribution is -2.35. The van der Waals surface area contributed by atoms with Crippen molar-refractivity contribution in [3.8, 4) is 11.8 Å². The molecule has 0 unspecified atom stereocenters. The van der Waals surface area contributed by atoms with Crippen molar-refractivity contribution in [2.45, 2.75) is 37.0 Å². The largest absolute Gasteiger partial charge is 0.461 e. The Kier molecular flexibility index (Phi) is 9.09. The van der Waals surface area contributed by atoms with E-state index in [1.807, 2.05) is 6.07 Å². The second kappa shape index (κ2) is 12.4. The van der Waals surface area contributed by atoms with Crippen molar-refractivity contribution in [2.75, 3.05) is 0 Å². The summed E-state index contributed by atoms with van der Waals surface area (Å²) in [5, 5.41) is 9.29. The number of nitrogens with zero attached hydrogens (tertiary/aromatic N) is 1. The zero-order valence-electron chi connectivity index (χ0n) is 22.3. The van der Waals surface area contributed by atoms with E-state index >= 15 is 0 Å². The Bertz CT molecular complexity index is 1680. The van der Waals surface area contributed by atoms with Crippen molar-refractivity contribution >= 4 is 5.78 Å². The van der Waals surface area contributed by atoms with Gasteiger partial charge >= 0.3 is 18.7 Å². The smallest absolute Gasteiger partial charge is 0.428 e. The molecule has 0 bridgehead atoms. The summed E-state index contributed by atoms with van der Waals surface area (Å²) in [6.07, 6.45) is -15.3. The summed E-state index contributed by atoms with van der Waals surface area (Å²) in [6, 6.07) is 19.3. The van der Waals surface area contributed by atoms with E-state index in [0.717, 1.165) is 18.2 Å². The molecule has 0 aliphatic carbocycles. The van der Waals surface area contributed by atoms with Gasteiger partial charge in [-0.05, 0) is 65.6 Å². The van der Waals surface area contributed by atoms with Crippen molar-refractivity contribution in [3.05, 3.63) is 136 Å². The van der Waals surface area contributed by atoms with E-state index in [2.05, 4.69) is 4.74 Å². The average Bonchev–Trinajstić information content (AvgIpc) is 2.96. The number of carbonyl (C=O) groups excluding carboxylic acids is 1. The van der Waals surface area contributed by atoms with Crippen molar-refractivity contribution in [1.29, 1.82) is 5.26 Å². The summed E-state index contributed by atoms with van der Waals surface area (Å²) in [5.74, 6) is -4.81. The first-order chi connectivity index (χ1) is 20.6. The van der Waals surface area contributed by atoms with Gasteiger partial charge in [-0.2, -0.15) is 36.0 Å². The molecule has 0 spiro atoms. The minimum Gasteiger partial charge on any atom is -0.428 e. The van der Waals surface area contributed by atoms with Crippen LogP contribution in [0.4, 0.5) is 39.5 Å². The van der Waals surface area contributed by atoms with Crippen LogP contribution in [0.3, 0.4) is 0 Å². The fraction of sp³-hybridized carbons (Fsp3) is 0.188. The van der Waals surface area contributed by atoms with Gasteiger partial charge in [-0.25, -0.2) is 8.78 Å². The number of carbonyl (C=O) groups is 1. The van der Waals surface area contributed by atoms with Crippen LogP contribution in [0.5, 0.6) is 5.75 Å². The van der Waals surface area contributed by atoms with Crippen LogP contribution >= 0.6 is 0 Å². The first-order valence-electron chi connectivity index (χ1n) is 12.8. The molecule has 3 nitrogen and oxygen atoms in total. The molecule has 0 saturated heterocycles. The Morgan fingerprint density at radius 1 is 0.818 bits per heavy atom. The van der Waals surface area contributed by atoms with Crippen LogP contribution in [0.1, 0.15) is 44.6 Å². The Labute approximate surface area is 245 Å². The maximum absolute atomic E-state index is 15.0. The lowest BCUT2D eigenvalue weighted by molar-refractivity contribution is -0.253. The zero-order chi connectivity index (χ0) is 32.3. The number of halogens is 9. The summed E-state index contributed by atoms with van der Waals surface area (Å²) >= 11 is 0. The fourth-order valence-corrected chi connectivity index (χ4v) is 4.84. The molecular formula is C32H20F9NO2. The third-order valence-electron chi connectivity index (χ3n) is 6.90. The highest BCUT2D eigenvalue weighted by Crippen LogP contribution is 2.43. The topological polar surface area (TPSA) is 50.1 Å². The molecule has 4 aromatic carbocycles. The average molecular weight is 621 g/mol. The molecular weight excluding hydrogens is 601 g/mol. The predicted octanol–water partition coefficient (Wildman–Crippen LogP) is 8.89. The second-order valence-electron chi connectivity index (χ2n) is 9.87. The SMILES string of the molecule is N#Cc1ccc([C@](CC(=O)c2ccc(F)c(C(F)(F)F)c2)(Cc2ccccc2)c2cc(F)cc(OC(F)(F)C(F)F)c2)cc1. The number of rotatable bonds is 10. The van der Waals surface area contributed by atoms with Gasteiger partial charge in [-0.3, -0.25) is 4.79 Å². The summed E-state index contributed by atoms with van der Waals surface area (Å²) in [6.45, 7) is 0. The molecule has 44 heavy (non-hydrogen) atoms. The monoisotopic (exact) mass is 621 g/mol. The van der Waals surface area contributed by atoms with E-state index in [1.54, 1.807) is 30.3 Å². The zero-order valence-corrected chi connectivity index (χ0v) is 22.3. The van der Waals surface area contributed by atoms with E-state index in [-0.39, 0.29) is 23.1 Å². The van der Waals surface area contributed by atoms with E-state index in [0.29, 0.717) is 23.8 Å². The number of Topliss-reactive ketones (excluding diaryl/α,β-unsaturated/α-hetero) is 1. The van der Waals surface area contributed by atoms with Gasteiger partial charge in [-0.15, -0.1) is 0 Å². The van der Waals surface area contributed by atoms with Crippen LogP contribution in [0.25, 0.3) is 0 Å². The Morgan fingerprint density at radius 3 is 2.07 bits per heavy atom. The summed E-state index contributed by atoms with van der Waals surface area (Å²) in [7, 11) is 0. The first-order valence-corrected chi connectivity index (χ1v) is 12.8. The van der Waals surface area contributed by atoms with Gasteiger partial charge in [-0.1, -0.05) is 42.5 Å². The van der Waals surface area contributed by atoms with E-state index in [1.165, 1.54) is 24.3 Å². The minimum absolute atomic E-state index is 0.168. The van der Waals surface area contributed by atoms with Crippen LogP contribution in [0.15, 0.2) is 91.0 Å². The van der Waals surface area contributed by atoms with Gasteiger partial charge in [0.2, 0.25) is 0 Å². The van der Waals surface area contributed by atoms with Gasteiger partial charge in [0.15, 0.2) is 5.78 Å². The summed E-state index contributed by atoms with van der Waals surface area (Å²) in [5.41, 5.74) is -3.37. The van der Waals surface area contributed by atoms with Gasteiger partial charge < -0.3 is 4.74 Å². The molecule has 0 radical (unpaired) electrons. The molecule has 0 aliphatic rings. The van der Waals surface area contributed by atoms with Gasteiger partial charge in [0.1, 0.15) is 17.4 Å². The quantitative estimate of drug-likeness (QED) is 0.131. The van der Waals surface area contributed by atoms with E-state index < -0.39 is 64.8 Å². The number of ether oxygens (including phenoxy) is 1. The van der Waals surface area contributed by atoms with Crippen LogP contribution in [-0.4, -0.2) is 18.3 Å². The molecule has 0 aromatic heterocycles. The molecule has 0 heterocycles. The highest BCUT2D eigenvalue weighted by molar-refractivity contribution is 5.97. The summed E-state index contributed by atoms with van der Waals surface area (Å²) in [4.78, 5) is 13.7. The van der Waals surface area contributed by atoms with Crippen LogP contribution in [-0.2, 0) is 18.0 Å². The Balaban J connectivity index is 1.97. The van der Waals surface area contributed by atoms with E-state index in [9.17, 15) is 49.6 Å². The molecule has 1 atom stereocenters. The van der Waals surface area contributed by atoms with Crippen molar-refractivity contribution in [2.24, 2.45) is 0 Å². The number of benzene rings is 4. The van der Waals surface area contributed by atoms with Crippen LogP contribution in [0, 0.1) is 23.0 Å². The molecule has 0 fully saturated rings. The third-order valence-corrected chi connectivity index (χ3v) is 6.90. The number of hydrogen-bond donors (Lipinski definition) is 0. The number of alkyl halides is 7. The normalized spacial score (nSPS) is 13.3. The highest BCUT2D eigenvalue weighted by Gasteiger charge is 2.45. The number of ketones is 1. The molecule has 228 valence electrons. The molecule has 0 amide bonds. The molecule has 12 heteroatoms. The van der Waals surface area contributed by atoms with E-state index in [4.69, 9.17) is 0 Å². The van der Waals surface area contributed by atoms with Gasteiger partial charge in [0, 0.05) is 23.5 Å². The lowest BCUT2D eigenvalue weighted by atomic mass is 9.66. The first kappa shape index (κ1) is 32.1. The Hall–Kier alpha value is -4.79. The predicted molar refractivity (Wildman–Crippen MR) is 140 cm³/mol. The molecule has 0 aliphatic heterocycles. The molecule has 4 rings (SSSR count). The van der Waals surface area contributed by atoms with Crippen molar-refractivity contribution < 1.29 is 49.0 Å². The lowest BCUT2D eigenvalue weighted by Gasteiger charge is -2.36. The third kappa shape index (κ3) is 7.05. The molecule has 0 saturated carbocycles. The van der Waals surface area contributed by atoms with Crippen LogP contribution in [0.2, 0.25) is 0 Å². The minimum atomic E-state index is -5.14. The maximum atomic E-state index is 15.0. The Morgan fingerprint density at radius 2 is 1.48 bits per heavy atom. The second-order valence-corrected chi connectivity index (χ2v) is 9.87. The molecule has 0 N–H and O–H groups in total. The fourth-order valence-electron chi connectivity index (χ4n) is 4.84. The van der Waals surface area contributed by atoms with Gasteiger partial charge in [0.25, 0.3) is 0 Å². The summed E-state index contributed by atoms with van der Waals surface area (Å²) < 4.78 is 127. The van der Waals surface area contributed by atoms with Crippen molar-refractivity contribution in [3.63, 3.8) is 0 Å². The maximum Gasteiger partial charge on any atom is 0.461 e. The molecule has 4 aromatic rings. The van der Waals surface area contributed by atoms with Crippen molar-refractivity contribution in [1.82, 2.24) is 0 Å². The number of nitriles is 1.